The van der Waals surface area contributed by atoms with Gasteiger partial charge in [-0.25, -0.2) is 8.78 Å². The van der Waals surface area contributed by atoms with Crippen LogP contribution in [-0.4, -0.2) is 16.1 Å². The van der Waals surface area contributed by atoms with E-state index in [9.17, 15) is 13.6 Å². The van der Waals surface area contributed by atoms with Crippen LogP contribution in [0.5, 0.6) is 0 Å². The highest BCUT2D eigenvalue weighted by atomic mass is 19.1. The Morgan fingerprint density at radius 2 is 1.84 bits per heavy atom. The number of carbonyl (C=O) groups excluding carboxylic acids is 1. The van der Waals surface area contributed by atoms with Crippen LogP contribution in [0.1, 0.15) is 49.4 Å². The molecule has 2 unspecified atom stereocenters. The van der Waals surface area contributed by atoms with Crippen LogP contribution >= 0.6 is 0 Å². The summed E-state index contributed by atoms with van der Waals surface area (Å²) in [5, 5.41) is 11.8. The van der Waals surface area contributed by atoms with Gasteiger partial charge in [-0.3, -0.25) is 4.79 Å². The lowest BCUT2D eigenvalue weighted by molar-refractivity contribution is -0.130. The van der Waals surface area contributed by atoms with Crippen LogP contribution in [0, 0.1) is 17.0 Å². The minimum absolute atomic E-state index is 0.0870. The molecule has 2 aliphatic rings. The average molecular weight is 419 g/mol. The topological polar surface area (TPSA) is 54.9 Å². The molecule has 0 aliphatic heterocycles. The number of hydrogen-bond acceptors (Lipinski definition) is 3. The maximum Gasteiger partial charge on any atom is 0.233 e. The Kier molecular flexibility index (Phi) is 4.43. The van der Waals surface area contributed by atoms with E-state index in [0.29, 0.717) is 29.9 Å². The predicted molar refractivity (Wildman–Crippen MR) is 113 cm³/mol. The Bertz CT molecular complexity index is 1180. The second-order valence-electron chi connectivity index (χ2n) is 9.04. The Morgan fingerprint density at radius 3 is 2.58 bits per heavy atom. The first kappa shape index (κ1) is 19.8. The van der Waals surface area contributed by atoms with Gasteiger partial charge in [-0.2, -0.15) is 10.2 Å². The van der Waals surface area contributed by atoms with E-state index in [2.05, 4.69) is 29.4 Å². The van der Waals surface area contributed by atoms with Gasteiger partial charge in [0.2, 0.25) is 5.91 Å². The number of carbonyl (C=O) groups is 1. The Balaban J connectivity index is 1.50. The fourth-order valence-electron chi connectivity index (χ4n) is 5.56. The molecule has 1 fully saturated rings. The fourth-order valence-corrected chi connectivity index (χ4v) is 5.56. The molecule has 1 heterocycles. The maximum atomic E-state index is 14.3. The van der Waals surface area contributed by atoms with Gasteiger partial charge in [0.05, 0.1) is 16.8 Å². The molecule has 0 radical (unpaired) electrons. The minimum atomic E-state index is -0.784. The van der Waals surface area contributed by atoms with Gasteiger partial charge in [0.25, 0.3) is 0 Å². The Hall–Kier alpha value is -3.15. The number of halogens is 2. The minimum Gasteiger partial charge on any atom is -0.351 e. The van der Waals surface area contributed by atoms with E-state index >= 15 is 0 Å². The van der Waals surface area contributed by atoms with Gasteiger partial charge in [0, 0.05) is 12.1 Å². The van der Waals surface area contributed by atoms with E-state index in [0.717, 1.165) is 17.5 Å². The monoisotopic (exact) mass is 419 g/mol. The molecule has 2 aliphatic carbocycles. The van der Waals surface area contributed by atoms with Crippen LogP contribution in [0.4, 0.5) is 8.78 Å². The molecule has 2 aromatic carbocycles. The van der Waals surface area contributed by atoms with Gasteiger partial charge in [0.1, 0.15) is 11.6 Å². The first-order valence-electron chi connectivity index (χ1n) is 10.5. The third kappa shape index (κ3) is 2.81. The largest absolute Gasteiger partial charge is 0.351 e. The molecular formula is C25H23F2N3O. The van der Waals surface area contributed by atoms with Gasteiger partial charge < -0.3 is 5.32 Å². The zero-order chi connectivity index (χ0) is 21.8. The fraction of sp³-hybridized carbons (Fsp3) is 0.320. The van der Waals surface area contributed by atoms with Crippen molar-refractivity contribution in [2.75, 3.05) is 0 Å². The highest BCUT2D eigenvalue weighted by Crippen LogP contribution is 2.67. The number of aromatic nitrogens is 2. The average Bonchev–Trinajstić information content (AvgIpc) is 3.14. The van der Waals surface area contributed by atoms with Crippen molar-refractivity contribution in [1.82, 2.24) is 15.5 Å². The number of benzene rings is 2. The van der Waals surface area contributed by atoms with Gasteiger partial charge in [-0.15, -0.1) is 0 Å². The number of rotatable bonds is 4. The molecule has 3 aromatic rings. The summed E-state index contributed by atoms with van der Waals surface area (Å²) in [5.41, 5.74) is 2.29. The van der Waals surface area contributed by atoms with Gasteiger partial charge in [-0.1, -0.05) is 38.1 Å². The number of nitrogens with zero attached hydrogens (tertiary/aromatic N) is 2. The number of amides is 1. The summed E-state index contributed by atoms with van der Waals surface area (Å²) in [6, 6.07) is 14.5. The molecule has 31 heavy (non-hydrogen) atoms. The van der Waals surface area contributed by atoms with Crippen LogP contribution in [0.25, 0.3) is 11.3 Å². The predicted octanol–water partition coefficient (Wildman–Crippen LogP) is 4.89. The summed E-state index contributed by atoms with van der Waals surface area (Å²) in [6.45, 7) is 4.52. The van der Waals surface area contributed by atoms with E-state index in [4.69, 9.17) is 0 Å². The quantitative estimate of drug-likeness (QED) is 0.655. The molecule has 1 aromatic heterocycles. The molecule has 5 rings (SSSR count). The molecule has 2 bridgehead atoms. The summed E-state index contributed by atoms with van der Waals surface area (Å²) in [6.07, 6.45) is 1.56. The van der Waals surface area contributed by atoms with E-state index in [-0.39, 0.29) is 28.9 Å². The van der Waals surface area contributed by atoms with Gasteiger partial charge >= 0.3 is 0 Å². The highest BCUT2D eigenvalue weighted by Gasteiger charge is 2.67. The summed E-state index contributed by atoms with van der Waals surface area (Å²) in [7, 11) is 0. The van der Waals surface area contributed by atoms with Crippen LogP contribution in [0.15, 0.2) is 54.6 Å². The second kappa shape index (κ2) is 6.94. The highest BCUT2D eigenvalue weighted by molar-refractivity contribution is 5.91. The van der Waals surface area contributed by atoms with Crippen molar-refractivity contribution in [3.8, 4) is 11.3 Å². The molecule has 0 spiro atoms. The normalized spacial score (nSPS) is 22.9. The van der Waals surface area contributed by atoms with Crippen molar-refractivity contribution in [2.45, 2.75) is 44.6 Å². The number of nitrogens with one attached hydrogen (secondary N) is 1. The first-order chi connectivity index (χ1) is 14.8. The molecule has 2 atom stereocenters. The maximum absolute atomic E-state index is 14.3. The molecular weight excluding hydrogens is 396 g/mol. The van der Waals surface area contributed by atoms with Crippen molar-refractivity contribution >= 4 is 5.91 Å². The molecule has 1 saturated carbocycles. The van der Waals surface area contributed by atoms with Gasteiger partial charge in [0.15, 0.2) is 0 Å². The van der Waals surface area contributed by atoms with E-state index in [1.165, 1.54) is 18.2 Å². The van der Waals surface area contributed by atoms with Crippen molar-refractivity contribution in [3.63, 3.8) is 0 Å². The van der Waals surface area contributed by atoms with E-state index in [1.807, 2.05) is 6.07 Å². The summed E-state index contributed by atoms with van der Waals surface area (Å²) >= 11 is 0. The SMILES string of the molecule is CC1(C)C2CCC1(C(=O)NCc1ccc(F)cc1)c1nnc(-c3ccccc3F)cc12. The zero-order valence-corrected chi connectivity index (χ0v) is 17.5. The van der Waals surface area contributed by atoms with Crippen molar-refractivity contribution in [3.05, 3.63) is 83.1 Å². The van der Waals surface area contributed by atoms with Crippen LogP contribution in [-0.2, 0) is 16.8 Å². The van der Waals surface area contributed by atoms with Crippen molar-refractivity contribution in [1.29, 1.82) is 0 Å². The lowest BCUT2D eigenvalue weighted by atomic mass is 9.67. The summed E-state index contributed by atoms with van der Waals surface area (Å²) in [5.74, 6) is -0.582. The molecule has 1 N–H and O–H groups in total. The van der Waals surface area contributed by atoms with Crippen LogP contribution in [0.2, 0.25) is 0 Å². The molecule has 158 valence electrons. The third-order valence-corrected chi connectivity index (χ3v) is 7.29. The van der Waals surface area contributed by atoms with Gasteiger partial charge in [-0.05, 0) is 65.6 Å². The van der Waals surface area contributed by atoms with E-state index in [1.54, 1.807) is 30.3 Å². The summed E-state index contributed by atoms with van der Waals surface area (Å²) < 4.78 is 27.5. The molecule has 1 amide bonds. The first-order valence-corrected chi connectivity index (χ1v) is 10.5. The molecule has 0 saturated heterocycles. The lowest BCUT2D eigenvalue weighted by Crippen LogP contribution is -2.49. The van der Waals surface area contributed by atoms with Crippen LogP contribution in [0.3, 0.4) is 0 Å². The summed E-state index contributed by atoms with van der Waals surface area (Å²) in [4.78, 5) is 13.5. The number of hydrogen-bond donors (Lipinski definition) is 1. The Labute approximate surface area is 179 Å². The smallest absolute Gasteiger partial charge is 0.233 e. The third-order valence-electron chi connectivity index (χ3n) is 7.29. The number of fused-ring (bicyclic) bond motifs is 5. The lowest BCUT2D eigenvalue weighted by Gasteiger charge is -2.36. The van der Waals surface area contributed by atoms with E-state index < -0.39 is 5.41 Å². The standard InChI is InChI=1S/C25H23F2N3O/c1-24(2)19-11-12-25(24,23(31)28-14-15-7-9-16(26)10-8-15)22-18(19)13-21(29-30-22)17-5-3-4-6-20(17)27/h3-10,13,19H,11-12,14H2,1-2H3,(H,28,31). The van der Waals surface area contributed by atoms with Crippen molar-refractivity contribution in [2.24, 2.45) is 5.41 Å². The molecule has 6 heteroatoms. The van der Waals surface area contributed by atoms with Crippen molar-refractivity contribution < 1.29 is 13.6 Å². The van der Waals surface area contributed by atoms with Crippen LogP contribution < -0.4 is 5.32 Å². The molecule has 4 nitrogen and oxygen atoms in total. The zero-order valence-electron chi connectivity index (χ0n) is 17.5. The Morgan fingerprint density at radius 1 is 1.10 bits per heavy atom. The second-order valence-corrected chi connectivity index (χ2v) is 9.04.